The topological polar surface area (TPSA) is 293 Å². The van der Waals surface area contributed by atoms with E-state index in [0.717, 1.165) is 116 Å². The molecule has 6 N–H and O–H groups in total. The van der Waals surface area contributed by atoms with Gasteiger partial charge in [-0.1, -0.05) is 287 Å². The van der Waals surface area contributed by atoms with Crippen LogP contribution in [-0.4, -0.2) is 83.8 Å². The molecule has 0 amide bonds. The molecule has 15 nitrogen and oxygen atoms in total. The first kappa shape index (κ1) is 85.4. The third-order valence-corrected chi connectivity index (χ3v) is 17.0. The van der Waals surface area contributed by atoms with Crippen LogP contribution >= 0.6 is 0 Å². The summed E-state index contributed by atoms with van der Waals surface area (Å²) in [5.41, 5.74) is 1.81. The predicted molar refractivity (Wildman–Crippen MR) is 360 cm³/mol. The Balaban J connectivity index is 0.00000133. The molecule has 0 aliphatic heterocycles. The number of hydrogen-bond acceptors (Lipinski definition) is 9. The van der Waals surface area contributed by atoms with Crippen LogP contribution in [0.2, 0.25) is 0 Å². The summed E-state index contributed by atoms with van der Waals surface area (Å²) in [7, 11) is 0. The van der Waals surface area contributed by atoms with Gasteiger partial charge in [0.05, 0.1) is 16.7 Å². The number of aliphatic carboxylic acids is 3. The average molecular weight is 1290 g/mol. The van der Waals surface area contributed by atoms with Crippen molar-refractivity contribution in [2.75, 3.05) is 0 Å². The standard InChI is InChI=1S/3C25H40O5.Al/c3*26-23-19-16-18-22(25(29)30)21(23)17-14-12-10-8-6-4-2-1-3-5-7-9-11-13-15-20-24(27)28;/h3*16,18-19,26H,1-15,17,20H2,(H,27,28)(H,29,30);/q;;;+3/p-3. The molecule has 3 aromatic carbocycles. The van der Waals surface area contributed by atoms with Gasteiger partial charge in [-0.05, 0) is 92.7 Å². The summed E-state index contributed by atoms with van der Waals surface area (Å²) in [6.45, 7) is 0. The number of hydrogen-bond donors (Lipinski definition) is 6. The summed E-state index contributed by atoms with van der Waals surface area (Å²) in [4.78, 5) is 64.9. The summed E-state index contributed by atoms with van der Waals surface area (Å²) in [6.07, 6.45) is 55.0. The maximum Gasteiger partial charge on any atom is 3.00 e. The SMILES string of the molecule is O=C(O)CCCCCCCCCCCCCCCCCc1c([O-])cccc1C(=O)O.O=C(O)CCCCCCCCCCCCCCCCCc1c([O-])cccc1C(=O)O.O=C(O)CCCCCCCCCCCCCCCCCc1c([O-])cccc1C(=O)O.[Al+3]. The molecule has 0 saturated carbocycles. The second kappa shape index (κ2) is 59.4. The maximum absolute atomic E-state index is 11.9. The molecule has 0 bridgehead atoms. The summed E-state index contributed by atoms with van der Waals surface area (Å²) >= 11 is 0. The van der Waals surface area contributed by atoms with E-state index in [4.69, 9.17) is 15.3 Å². The van der Waals surface area contributed by atoms with Crippen LogP contribution in [0.1, 0.15) is 356 Å². The van der Waals surface area contributed by atoms with Gasteiger partial charge < -0.3 is 46.0 Å². The van der Waals surface area contributed by atoms with E-state index in [1.54, 1.807) is 0 Å². The van der Waals surface area contributed by atoms with E-state index in [0.29, 0.717) is 55.2 Å². The third-order valence-electron chi connectivity index (χ3n) is 17.0. The number of aromatic carboxylic acids is 3. The monoisotopic (exact) mass is 1280 g/mol. The quantitative estimate of drug-likeness (QED) is 0.0226. The van der Waals surface area contributed by atoms with Gasteiger partial charge in [0.25, 0.3) is 0 Å². The molecule has 0 aliphatic carbocycles. The Labute approximate surface area is 557 Å². The van der Waals surface area contributed by atoms with Crippen molar-refractivity contribution in [3.63, 3.8) is 0 Å². The van der Waals surface area contributed by atoms with Gasteiger partial charge in [-0.25, -0.2) is 14.4 Å². The maximum atomic E-state index is 11.9. The molecule has 3 aromatic rings. The van der Waals surface area contributed by atoms with Gasteiger partial charge in [0, 0.05) is 19.3 Å². The Morgan fingerprint density at radius 2 is 0.374 bits per heavy atom. The first-order chi connectivity index (χ1) is 43.6. The Bertz CT molecular complexity index is 2100. The first-order valence-corrected chi connectivity index (χ1v) is 35.3. The Morgan fingerprint density at radius 3 is 0.516 bits per heavy atom. The van der Waals surface area contributed by atoms with E-state index in [-0.39, 0.29) is 51.3 Å². The van der Waals surface area contributed by atoms with Crippen LogP contribution in [0.3, 0.4) is 0 Å². The van der Waals surface area contributed by atoms with Crippen LogP contribution in [0.15, 0.2) is 54.6 Å². The number of carbonyl (C=O) groups is 6. The molecule has 510 valence electrons. The van der Waals surface area contributed by atoms with Crippen molar-refractivity contribution >= 4 is 53.2 Å². The average Bonchev–Trinajstić information content (AvgIpc) is 1.34. The largest absolute Gasteiger partial charge is 3.00 e. The minimum atomic E-state index is -1.02. The molecule has 0 heterocycles. The smallest absolute Gasteiger partial charge is 0.872 e. The van der Waals surface area contributed by atoms with Crippen LogP contribution < -0.4 is 15.3 Å². The molecule has 0 radical (unpaired) electrons. The molecular formula is C75H117AlO15. The fraction of sp³-hybridized carbons (Fsp3) is 0.680. The minimum Gasteiger partial charge on any atom is -0.872 e. The Morgan fingerprint density at radius 1 is 0.231 bits per heavy atom. The van der Waals surface area contributed by atoms with E-state index in [2.05, 4.69) is 0 Å². The zero-order chi connectivity index (χ0) is 66.1. The zero-order valence-electron chi connectivity index (χ0n) is 55.7. The number of unbranched alkanes of at least 4 members (excludes halogenated alkanes) is 42. The number of carboxylic acids is 6. The fourth-order valence-corrected chi connectivity index (χ4v) is 11.7. The van der Waals surface area contributed by atoms with Crippen molar-refractivity contribution in [3.05, 3.63) is 88.0 Å². The van der Waals surface area contributed by atoms with E-state index in [1.165, 1.54) is 228 Å². The van der Waals surface area contributed by atoms with Gasteiger partial charge in [-0.15, -0.1) is 17.2 Å². The molecule has 3 rings (SSSR count). The van der Waals surface area contributed by atoms with Crippen molar-refractivity contribution in [2.45, 2.75) is 327 Å². The van der Waals surface area contributed by atoms with Crippen molar-refractivity contribution in [2.24, 2.45) is 0 Å². The van der Waals surface area contributed by atoms with Gasteiger partial charge >= 0.3 is 53.2 Å². The van der Waals surface area contributed by atoms with Crippen LogP contribution in [-0.2, 0) is 33.6 Å². The molecule has 91 heavy (non-hydrogen) atoms. The van der Waals surface area contributed by atoms with Crippen LogP contribution in [0.4, 0.5) is 0 Å². The predicted octanol–water partition coefficient (Wildman–Crippen LogP) is 18.6. The third kappa shape index (κ3) is 48.8. The molecule has 0 unspecified atom stereocenters. The van der Waals surface area contributed by atoms with Gasteiger partial charge in [0.1, 0.15) is 0 Å². The molecular weight excluding hydrogens is 1170 g/mol. The molecule has 0 saturated heterocycles. The van der Waals surface area contributed by atoms with Crippen LogP contribution in [0.25, 0.3) is 0 Å². The fourth-order valence-electron chi connectivity index (χ4n) is 11.7. The van der Waals surface area contributed by atoms with Crippen molar-refractivity contribution in [3.8, 4) is 17.2 Å². The summed E-state index contributed by atoms with van der Waals surface area (Å²) in [6, 6.07) is 13.4. The Hall–Kier alpha value is -5.59. The minimum absolute atomic E-state index is 0. The zero-order valence-corrected chi connectivity index (χ0v) is 56.8. The van der Waals surface area contributed by atoms with E-state index < -0.39 is 35.8 Å². The molecule has 0 fully saturated rings. The Kier molecular flexibility index (Phi) is 55.8. The summed E-state index contributed by atoms with van der Waals surface area (Å²) in [5, 5.41) is 88.9. The molecule has 0 aliphatic rings. The van der Waals surface area contributed by atoms with Crippen LogP contribution in [0, 0.1) is 0 Å². The molecule has 0 spiro atoms. The number of carboxylic acid groups (broad SMARTS) is 6. The number of rotatable bonds is 57. The first-order valence-electron chi connectivity index (χ1n) is 35.3. The molecule has 0 atom stereocenters. The van der Waals surface area contributed by atoms with Gasteiger partial charge in [-0.3, -0.25) is 14.4 Å². The second-order valence-electron chi connectivity index (χ2n) is 24.9. The van der Waals surface area contributed by atoms with Crippen molar-refractivity contribution < 1.29 is 74.7 Å². The second-order valence-corrected chi connectivity index (χ2v) is 24.9. The van der Waals surface area contributed by atoms with Gasteiger partial charge in [-0.2, -0.15) is 0 Å². The van der Waals surface area contributed by atoms with Crippen molar-refractivity contribution in [1.29, 1.82) is 0 Å². The number of benzene rings is 3. The molecule has 16 heteroatoms. The van der Waals surface area contributed by atoms with E-state index in [9.17, 15) is 59.4 Å². The van der Waals surface area contributed by atoms with Crippen LogP contribution in [0.5, 0.6) is 17.2 Å². The molecule has 0 aromatic heterocycles. The van der Waals surface area contributed by atoms with E-state index >= 15 is 0 Å². The van der Waals surface area contributed by atoms with Gasteiger partial charge in [0.15, 0.2) is 0 Å². The van der Waals surface area contributed by atoms with Gasteiger partial charge in [0.2, 0.25) is 0 Å². The van der Waals surface area contributed by atoms with Crippen molar-refractivity contribution in [1.82, 2.24) is 0 Å². The van der Waals surface area contributed by atoms with E-state index in [1.807, 2.05) is 0 Å². The normalized spacial score (nSPS) is 10.8. The summed E-state index contributed by atoms with van der Waals surface area (Å²) in [5.74, 6) is -5.58. The summed E-state index contributed by atoms with van der Waals surface area (Å²) < 4.78 is 0.